The molecule has 0 aliphatic carbocycles. The molecule has 0 atom stereocenters. The summed E-state index contributed by atoms with van der Waals surface area (Å²) in [4.78, 5) is 18.9. The average molecular weight is 443 g/mol. The number of amides is 1. The molecular formula is C24H34N4O4. The topological polar surface area (TPSA) is 88.3 Å². The Morgan fingerprint density at radius 3 is 2.62 bits per heavy atom. The van der Waals surface area contributed by atoms with Crippen molar-refractivity contribution >= 4 is 11.9 Å². The summed E-state index contributed by atoms with van der Waals surface area (Å²) in [7, 11) is 3.28. The van der Waals surface area contributed by atoms with Gasteiger partial charge in [0, 0.05) is 39.2 Å². The minimum Gasteiger partial charge on any atom is -0.497 e. The molecule has 2 N–H and O–H groups in total. The monoisotopic (exact) mass is 442 g/mol. The molecule has 8 nitrogen and oxygen atoms in total. The smallest absolute Gasteiger partial charge is 0.224 e. The summed E-state index contributed by atoms with van der Waals surface area (Å²) in [5.41, 5.74) is 1.11. The number of guanidine groups is 1. The molecule has 32 heavy (non-hydrogen) atoms. The molecule has 1 aromatic heterocycles. The largest absolute Gasteiger partial charge is 0.497 e. The van der Waals surface area contributed by atoms with Crippen molar-refractivity contribution in [1.82, 2.24) is 15.5 Å². The van der Waals surface area contributed by atoms with Gasteiger partial charge in [-0.3, -0.25) is 4.79 Å². The summed E-state index contributed by atoms with van der Waals surface area (Å²) in [6.45, 7) is 3.25. The molecule has 1 amide bonds. The van der Waals surface area contributed by atoms with Crippen molar-refractivity contribution in [3.63, 3.8) is 0 Å². The van der Waals surface area contributed by atoms with Gasteiger partial charge in [0.25, 0.3) is 0 Å². The van der Waals surface area contributed by atoms with Gasteiger partial charge in [-0.2, -0.15) is 0 Å². The van der Waals surface area contributed by atoms with Crippen LogP contribution in [0.1, 0.15) is 30.6 Å². The van der Waals surface area contributed by atoms with Crippen LogP contribution in [0.4, 0.5) is 0 Å². The Labute approximate surface area is 190 Å². The number of ether oxygens (including phenoxy) is 2. The van der Waals surface area contributed by atoms with Gasteiger partial charge in [-0.25, -0.2) is 4.99 Å². The van der Waals surface area contributed by atoms with Gasteiger partial charge >= 0.3 is 0 Å². The van der Waals surface area contributed by atoms with Gasteiger partial charge in [-0.1, -0.05) is 12.1 Å². The highest BCUT2D eigenvalue weighted by Gasteiger charge is 2.23. The number of methoxy groups -OCH3 is 2. The molecule has 1 aliphatic heterocycles. The number of piperidine rings is 1. The van der Waals surface area contributed by atoms with E-state index in [1.54, 1.807) is 20.5 Å². The third-order valence-corrected chi connectivity index (χ3v) is 5.53. The number of hydrogen-bond donors (Lipinski definition) is 2. The van der Waals surface area contributed by atoms with Gasteiger partial charge in [0.05, 0.1) is 32.9 Å². The van der Waals surface area contributed by atoms with Gasteiger partial charge in [-0.15, -0.1) is 0 Å². The number of benzene rings is 1. The first-order valence-corrected chi connectivity index (χ1v) is 11.1. The zero-order valence-corrected chi connectivity index (χ0v) is 19.0. The van der Waals surface area contributed by atoms with Crippen molar-refractivity contribution in [3.05, 3.63) is 54.0 Å². The number of likely N-dealkylation sites (tertiary alicyclic amines) is 1. The van der Waals surface area contributed by atoms with E-state index in [1.165, 1.54) is 0 Å². The van der Waals surface area contributed by atoms with E-state index >= 15 is 0 Å². The molecule has 0 unspecified atom stereocenters. The highest BCUT2D eigenvalue weighted by atomic mass is 16.5. The quantitative estimate of drug-likeness (QED) is 0.434. The van der Waals surface area contributed by atoms with E-state index in [4.69, 9.17) is 18.9 Å². The van der Waals surface area contributed by atoms with E-state index in [1.807, 2.05) is 41.3 Å². The summed E-state index contributed by atoms with van der Waals surface area (Å²) >= 11 is 0. The SMILES string of the molecule is COCCC(=O)N1CCC(NC(=NCc2ccc(OC)cc2)NCCc2ccco2)CC1. The molecule has 0 spiro atoms. The molecule has 0 bridgehead atoms. The predicted molar refractivity (Wildman–Crippen MR) is 124 cm³/mol. The van der Waals surface area contributed by atoms with Crippen molar-refractivity contribution in [2.45, 2.75) is 38.3 Å². The molecule has 0 saturated carbocycles. The highest BCUT2D eigenvalue weighted by Crippen LogP contribution is 2.13. The van der Waals surface area contributed by atoms with Crippen molar-refractivity contribution < 1.29 is 18.7 Å². The number of aliphatic imine (C=N–C) groups is 1. The second kappa shape index (κ2) is 12.8. The fourth-order valence-corrected chi connectivity index (χ4v) is 3.63. The summed E-state index contributed by atoms with van der Waals surface area (Å²) < 4.78 is 15.7. The molecule has 2 heterocycles. The maximum atomic E-state index is 12.2. The van der Waals surface area contributed by atoms with Crippen molar-refractivity contribution in [2.75, 3.05) is 40.5 Å². The van der Waals surface area contributed by atoms with Crippen LogP contribution < -0.4 is 15.4 Å². The minimum atomic E-state index is 0.162. The van der Waals surface area contributed by atoms with Crippen molar-refractivity contribution in [3.8, 4) is 5.75 Å². The Morgan fingerprint density at radius 1 is 1.19 bits per heavy atom. The maximum absolute atomic E-state index is 12.2. The lowest BCUT2D eigenvalue weighted by atomic mass is 10.0. The molecule has 174 valence electrons. The number of nitrogens with zero attached hydrogens (tertiary/aromatic N) is 2. The van der Waals surface area contributed by atoms with Crippen molar-refractivity contribution in [2.24, 2.45) is 4.99 Å². The summed E-state index contributed by atoms with van der Waals surface area (Å²) in [5.74, 6) is 2.71. The minimum absolute atomic E-state index is 0.162. The van der Waals surface area contributed by atoms with Crippen LogP contribution in [0.3, 0.4) is 0 Å². The van der Waals surface area contributed by atoms with Gasteiger partial charge in [0.15, 0.2) is 5.96 Å². The third kappa shape index (κ3) is 7.60. The van der Waals surface area contributed by atoms with Gasteiger partial charge in [0.1, 0.15) is 11.5 Å². The van der Waals surface area contributed by atoms with Crippen LogP contribution in [0, 0.1) is 0 Å². The Hall–Kier alpha value is -3.00. The second-order valence-corrected chi connectivity index (χ2v) is 7.81. The fourth-order valence-electron chi connectivity index (χ4n) is 3.63. The first-order chi connectivity index (χ1) is 15.7. The van der Waals surface area contributed by atoms with Crippen LogP contribution in [0.15, 0.2) is 52.1 Å². The molecule has 2 aromatic rings. The molecule has 1 aromatic carbocycles. The van der Waals surface area contributed by atoms with E-state index in [9.17, 15) is 4.79 Å². The molecule has 8 heteroatoms. The lowest BCUT2D eigenvalue weighted by molar-refractivity contribution is -0.133. The Morgan fingerprint density at radius 2 is 1.97 bits per heavy atom. The number of furan rings is 1. The van der Waals surface area contributed by atoms with E-state index in [0.717, 1.165) is 61.9 Å². The first kappa shape index (κ1) is 23.7. The molecular weight excluding hydrogens is 408 g/mol. The van der Waals surface area contributed by atoms with Crippen LogP contribution in [0.2, 0.25) is 0 Å². The molecule has 1 aliphatic rings. The number of nitrogens with one attached hydrogen (secondary N) is 2. The summed E-state index contributed by atoms with van der Waals surface area (Å²) in [5, 5.41) is 6.97. The summed E-state index contributed by atoms with van der Waals surface area (Å²) in [6, 6.07) is 12.1. The number of carbonyl (C=O) groups excluding carboxylic acids is 1. The van der Waals surface area contributed by atoms with Crippen LogP contribution in [-0.2, 0) is 22.5 Å². The molecule has 1 saturated heterocycles. The zero-order valence-electron chi connectivity index (χ0n) is 19.0. The predicted octanol–water partition coefficient (Wildman–Crippen LogP) is 2.59. The lowest BCUT2D eigenvalue weighted by Crippen LogP contribution is -2.50. The lowest BCUT2D eigenvalue weighted by Gasteiger charge is -2.33. The average Bonchev–Trinajstić information content (AvgIpc) is 3.35. The fraction of sp³-hybridized carbons (Fsp3) is 0.500. The van der Waals surface area contributed by atoms with Crippen LogP contribution >= 0.6 is 0 Å². The Kier molecular flexibility index (Phi) is 9.43. The van der Waals surface area contributed by atoms with E-state index in [-0.39, 0.29) is 11.9 Å². The van der Waals surface area contributed by atoms with Gasteiger partial charge in [-0.05, 0) is 42.7 Å². The highest BCUT2D eigenvalue weighted by molar-refractivity contribution is 5.80. The number of carbonyl (C=O) groups is 1. The molecule has 0 radical (unpaired) electrons. The van der Waals surface area contributed by atoms with E-state index < -0.39 is 0 Å². The van der Waals surface area contributed by atoms with Crippen LogP contribution in [-0.4, -0.2) is 63.3 Å². The maximum Gasteiger partial charge on any atom is 0.224 e. The second-order valence-electron chi connectivity index (χ2n) is 7.81. The third-order valence-electron chi connectivity index (χ3n) is 5.53. The van der Waals surface area contributed by atoms with Crippen molar-refractivity contribution in [1.29, 1.82) is 0 Å². The first-order valence-electron chi connectivity index (χ1n) is 11.1. The van der Waals surface area contributed by atoms with Gasteiger partial charge in [0.2, 0.25) is 5.91 Å². The van der Waals surface area contributed by atoms with Crippen LogP contribution in [0.5, 0.6) is 5.75 Å². The standard InChI is InChI=1S/C24H34N4O4/c1-30-17-12-23(29)28-14-10-20(11-15-28)27-24(25-13-9-22-4-3-16-32-22)26-18-19-5-7-21(31-2)8-6-19/h3-8,16,20H,9-15,17-18H2,1-2H3,(H2,25,26,27). The molecule has 1 fully saturated rings. The summed E-state index contributed by atoms with van der Waals surface area (Å²) in [6.07, 6.45) is 4.69. The zero-order chi connectivity index (χ0) is 22.6. The van der Waals surface area contributed by atoms with Gasteiger partial charge < -0.3 is 29.4 Å². The van der Waals surface area contributed by atoms with Crippen LogP contribution in [0.25, 0.3) is 0 Å². The Bertz CT molecular complexity index is 828. The molecule has 3 rings (SSSR count). The number of rotatable bonds is 10. The van der Waals surface area contributed by atoms with E-state index in [2.05, 4.69) is 10.6 Å². The van der Waals surface area contributed by atoms with E-state index in [0.29, 0.717) is 19.6 Å². The Balaban J connectivity index is 1.54. The normalized spacial score (nSPS) is 14.9. The number of hydrogen-bond acceptors (Lipinski definition) is 5.